The van der Waals surface area contributed by atoms with Gasteiger partial charge in [-0.05, 0) is 42.4 Å². The fraction of sp³-hybridized carbons (Fsp3) is 0.500. The number of carboxylic acids is 1. The topological polar surface area (TPSA) is 209 Å². The summed E-state index contributed by atoms with van der Waals surface area (Å²) in [4.78, 5) is 65.3. The van der Waals surface area contributed by atoms with E-state index in [2.05, 4.69) is 20.9 Å². The van der Waals surface area contributed by atoms with Crippen LogP contribution in [0.1, 0.15) is 38.7 Å². The van der Waals surface area contributed by atoms with Gasteiger partial charge in [-0.2, -0.15) is 11.8 Å². The van der Waals surface area contributed by atoms with Crippen LogP contribution in [0, 0.1) is 5.92 Å². The van der Waals surface area contributed by atoms with Gasteiger partial charge in [0.2, 0.25) is 23.6 Å². The minimum Gasteiger partial charge on any atom is -0.480 e. The van der Waals surface area contributed by atoms with Crippen molar-refractivity contribution in [3.8, 4) is 0 Å². The first-order chi connectivity index (χ1) is 18.4. The normalized spacial score (nSPS) is 14.3. The number of aromatic amines is 1. The maximum absolute atomic E-state index is 13.5. The number of fused-ring (bicyclic) bond motifs is 1. The van der Waals surface area contributed by atoms with Gasteiger partial charge >= 0.3 is 5.97 Å². The summed E-state index contributed by atoms with van der Waals surface area (Å²) < 4.78 is 0. The lowest BCUT2D eigenvalue weighted by molar-refractivity contribution is -0.142. The highest BCUT2D eigenvalue weighted by Gasteiger charge is 2.31. The molecule has 9 N–H and O–H groups in total. The Morgan fingerprint density at radius 1 is 0.974 bits per heavy atom. The molecule has 2 rings (SSSR count). The number of nitrogens with one attached hydrogen (secondary N) is 4. The zero-order chi connectivity index (χ0) is 29.1. The smallest absolute Gasteiger partial charge is 0.326 e. The first-order valence-corrected chi connectivity index (χ1v) is 14.0. The third-order valence-electron chi connectivity index (χ3n) is 6.06. The number of hydrogen-bond acceptors (Lipinski definition) is 7. The Morgan fingerprint density at radius 2 is 1.59 bits per heavy atom. The van der Waals surface area contributed by atoms with Gasteiger partial charge in [0.1, 0.15) is 18.1 Å². The van der Waals surface area contributed by atoms with Crippen molar-refractivity contribution in [1.29, 1.82) is 0 Å². The lowest BCUT2D eigenvalue weighted by Gasteiger charge is -2.25. The molecule has 0 spiro atoms. The van der Waals surface area contributed by atoms with Crippen LogP contribution in [0.4, 0.5) is 0 Å². The Labute approximate surface area is 231 Å². The molecule has 0 radical (unpaired) electrons. The fourth-order valence-corrected chi connectivity index (χ4v) is 4.53. The van der Waals surface area contributed by atoms with Crippen molar-refractivity contribution in [1.82, 2.24) is 20.9 Å². The molecule has 13 heteroatoms. The molecule has 1 heterocycles. The lowest BCUT2D eigenvalue weighted by atomic mass is 10.0. The Kier molecular flexibility index (Phi) is 12.3. The number of para-hydroxylation sites is 1. The van der Waals surface area contributed by atoms with Gasteiger partial charge in [-0.1, -0.05) is 32.0 Å². The number of carboxylic acid groups (broad SMARTS) is 1. The second-order valence-corrected chi connectivity index (χ2v) is 10.8. The Bertz CT molecular complexity index is 1170. The monoisotopic (exact) mass is 562 g/mol. The number of nitrogens with two attached hydrogens (primary N) is 2. The van der Waals surface area contributed by atoms with Crippen LogP contribution < -0.4 is 27.4 Å². The van der Waals surface area contributed by atoms with Crippen LogP contribution >= 0.6 is 11.8 Å². The molecule has 1 aromatic heterocycles. The van der Waals surface area contributed by atoms with E-state index in [0.29, 0.717) is 5.75 Å². The van der Waals surface area contributed by atoms with E-state index in [0.717, 1.165) is 16.5 Å². The Morgan fingerprint density at radius 3 is 2.21 bits per heavy atom. The van der Waals surface area contributed by atoms with Gasteiger partial charge in [0.15, 0.2) is 0 Å². The Balaban J connectivity index is 2.29. The summed E-state index contributed by atoms with van der Waals surface area (Å²) >= 11 is 1.46. The molecule has 12 nitrogen and oxygen atoms in total. The second kappa shape index (κ2) is 15.1. The molecule has 4 atom stereocenters. The molecule has 4 amide bonds. The van der Waals surface area contributed by atoms with Gasteiger partial charge < -0.3 is 37.5 Å². The standard InChI is InChI=1S/C26H38N6O6S/c1-14(2)10-21(26(37)38)32-24(35)19(8-9-39-3)30-25(36)20(31-23(34)17(27)12-22(28)33)11-15-13-29-18-7-5-4-6-16(15)18/h4-7,13-14,17,19-21,29H,8-12,27H2,1-3H3,(H2,28,33)(H,30,36)(H,31,34)(H,32,35)(H,37,38). The van der Waals surface area contributed by atoms with E-state index in [-0.39, 0.29) is 25.2 Å². The summed E-state index contributed by atoms with van der Waals surface area (Å²) in [5, 5.41) is 18.2. The average molecular weight is 563 g/mol. The number of carbonyl (C=O) groups is 5. The maximum Gasteiger partial charge on any atom is 0.326 e. The first kappa shape index (κ1) is 31.6. The molecule has 0 bridgehead atoms. The van der Waals surface area contributed by atoms with Gasteiger partial charge in [-0.25, -0.2) is 4.79 Å². The summed E-state index contributed by atoms with van der Waals surface area (Å²) in [5.41, 5.74) is 12.5. The predicted octanol–water partition coefficient (Wildman–Crippen LogP) is 0.251. The summed E-state index contributed by atoms with van der Waals surface area (Å²) in [5.74, 6) is -3.43. The van der Waals surface area contributed by atoms with Crippen LogP contribution in [0.2, 0.25) is 0 Å². The van der Waals surface area contributed by atoms with E-state index in [1.54, 1.807) is 6.20 Å². The molecule has 2 aromatic rings. The largest absolute Gasteiger partial charge is 0.480 e. The highest BCUT2D eigenvalue weighted by atomic mass is 32.2. The van der Waals surface area contributed by atoms with Crippen LogP contribution in [0.25, 0.3) is 10.9 Å². The average Bonchev–Trinajstić information content (AvgIpc) is 3.27. The predicted molar refractivity (Wildman–Crippen MR) is 150 cm³/mol. The van der Waals surface area contributed by atoms with E-state index in [1.165, 1.54) is 11.8 Å². The van der Waals surface area contributed by atoms with Gasteiger partial charge in [-0.15, -0.1) is 0 Å². The summed E-state index contributed by atoms with van der Waals surface area (Å²) in [6.07, 6.45) is 3.69. The van der Waals surface area contributed by atoms with E-state index >= 15 is 0 Å². The minimum atomic E-state index is -1.26. The van der Waals surface area contributed by atoms with E-state index < -0.39 is 60.2 Å². The quantitative estimate of drug-likeness (QED) is 0.150. The number of carbonyl (C=O) groups excluding carboxylic acids is 4. The number of H-pyrrole nitrogens is 1. The summed E-state index contributed by atoms with van der Waals surface area (Å²) in [6, 6.07) is 2.88. The Hall–Kier alpha value is -3.58. The van der Waals surface area contributed by atoms with E-state index in [4.69, 9.17) is 11.5 Å². The second-order valence-electron chi connectivity index (χ2n) is 9.77. The minimum absolute atomic E-state index is 0.0195. The van der Waals surface area contributed by atoms with Crippen LogP contribution in [0.3, 0.4) is 0 Å². The molecule has 1 aromatic carbocycles. The maximum atomic E-state index is 13.5. The highest BCUT2D eigenvalue weighted by Crippen LogP contribution is 2.19. The number of benzene rings is 1. The molecule has 0 fully saturated rings. The zero-order valence-corrected chi connectivity index (χ0v) is 23.2. The number of amides is 4. The van der Waals surface area contributed by atoms with Crippen molar-refractivity contribution in [2.45, 2.75) is 63.7 Å². The van der Waals surface area contributed by atoms with Crippen LogP contribution in [0.15, 0.2) is 30.5 Å². The fourth-order valence-electron chi connectivity index (χ4n) is 4.06. The number of primary amides is 1. The molecule has 0 aliphatic carbocycles. The molecule has 0 aliphatic rings. The van der Waals surface area contributed by atoms with Gasteiger partial charge in [-0.3, -0.25) is 19.2 Å². The molecule has 0 saturated heterocycles. The molecule has 0 saturated carbocycles. The third kappa shape index (κ3) is 9.91. The van der Waals surface area contributed by atoms with Crippen molar-refractivity contribution < 1.29 is 29.1 Å². The van der Waals surface area contributed by atoms with Crippen molar-refractivity contribution in [2.75, 3.05) is 12.0 Å². The van der Waals surface area contributed by atoms with Gasteiger partial charge in [0, 0.05) is 23.5 Å². The van der Waals surface area contributed by atoms with Crippen molar-refractivity contribution >= 4 is 52.3 Å². The van der Waals surface area contributed by atoms with Crippen LogP contribution in [0.5, 0.6) is 0 Å². The number of aromatic nitrogens is 1. The van der Waals surface area contributed by atoms with Crippen molar-refractivity contribution in [3.05, 3.63) is 36.0 Å². The van der Waals surface area contributed by atoms with Gasteiger partial charge in [0.25, 0.3) is 0 Å². The zero-order valence-electron chi connectivity index (χ0n) is 22.4. The number of thioether (sulfide) groups is 1. The van der Waals surface area contributed by atoms with E-state index in [9.17, 15) is 29.1 Å². The molecule has 39 heavy (non-hydrogen) atoms. The molecular weight excluding hydrogens is 524 g/mol. The lowest BCUT2D eigenvalue weighted by Crippen LogP contribution is -2.58. The van der Waals surface area contributed by atoms with Crippen molar-refractivity contribution in [3.63, 3.8) is 0 Å². The summed E-state index contributed by atoms with van der Waals surface area (Å²) in [6.45, 7) is 3.69. The first-order valence-electron chi connectivity index (χ1n) is 12.6. The number of aliphatic carboxylic acids is 1. The molecule has 0 aliphatic heterocycles. The van der Waals surface area contributed by atoms with Crippen LogP contribution in [-0.4, -0.2) is 75.9 Å². The molecule has 4 unspecified atom stereocenters. The summed E-state index contributed by atoms with van der Waals surface area (Å²) in [7, 11) is 0. The van der Waals surface area contributed by atoms with Crippen LogP contribution in [-0.2, 0) is 30.4 Å². The number of rotatable bonds is 16. The van der Waals surface area contributed by atoms with Crippen molar-refractivity contribution in [2.24, 2.45) is 17.4 Å². The number of hydrogen-bond donors (Lipinski definition) is 7. The highest BCUT2D eigenvalue weighted by molar-refractivity contribution is 7.98. The molecular formula is C26H38N6O6S. The third-order valence-corrected chi connectivity index (χ3v) is 6.70. The molecule has 214 valence electrons. The van der Waals surface area contributed by atoms with E-state index in [1.807, 2.05) is 44.4 Å². The van der Waals surface area contributed by atoms with Gasteiger partial charge in [0.05, 0.1) is 12.5 Å². The SMILES string of the molecule is CSCCC(NC(=O)C(Cc1c[nH]c2ccccc12)NC(=O)C(N)CC(N)=O)C(=O)NC(CC(C)C)C(=O)O.